The molecule has 4 aliphatic rings. The zero-order valence-corrected chi connectivity index (χ0v) is 23.9. The largest absolute Gasteiger partial charge is 0.508 e. The van der Waals surface area contributed by atoms with E-state index in [2.05, 4.69) is 0 Å². The summed E-state index contributed by atoms with van der Waals surface area (Å²) in [6.45, 7) is 1.94. The van der Waals surface area contributed by atoms with E-state index >= 15 is 0 Å². The molecule has 0 aromatic heterocycles. The van der Waals surface area contributed by atoms with Crippen LogP contribution in [0.15, 0.2) is 72.3 Å². The molecule has 1 saturated carbocycles. The Morgan fingerprint density at radius 2 is 1.64 bits per heavy atom. The number of allylic oxidation sites excluding steroid dienone is 2. The summed E-state index contributed by atoms with van der Waals surface area (Å²) in [5.41, 5.74) is 1.00. The second-order valence-electron chi connectivity index (χ2n) is 11.4. The van der Waals surface area contributed by atoms with E-state index in [1.807, 2.05) is 18.2 Å². The van der Waals surface area contributed by atoms with Crippen molar-refractivity contribution in [3.63, 3.8) is 0 Å². The number of anilines is 1. The molecule has 2 saturated heterocycles. The van der Waals surface area contributed by atoms with Gasteiger partial charge in [0.2, 0.25) is 11.8 Å². The minimum absolute atomic E-state index is 0.0980. The standard InChI is InChI=1S/C32H25Cl2FN2O5/c1-2-36-27(39)21-13-12-20-22(24(21)28(36)40)15-31(33)29(41)37(18-10-8-17(35)9-11-18)30(42)32(31,34)26(20)25-19-6-4-3-5-16(19)7-14-23(25)38/h3-12,14,21-22,24,26,38H,2,13,15H2,1H3/t21-,22+,24-,26+,31+,32-/m0/s1. The van der Waals surface area contributed by atoms with Crippen LogP contribution in [0.25, 0.3) is 10.8 Å². The highest BCUT2D eigenvalue weighted by molar-refractivity contribution is 6.58. The van der Waals surface area contributed by atoms with E-state index in [0.717, 1.165) is 22.4 Å². The fraction of sp³-hybridized carbons (Fsp3) is 0.312. The third kappa shape index (κ3) is 3.28. The highest BCUT2D eigenvalue weighted by Gasteiger charge is 2.77. The molecule has 4 amide bonds. The van der Waals surface area contributed by atoms with Crippen molar-refractivity contribution < 1.29 is 28.7 Å². The average Bonchev–Trinajstić information content (AvgIpc) is 3.31. The van der Waals surface area contributed by atoms with Crippen LogP contribution >= 0.6 is 23.2 Å². The summed E-state index contributed by atoms with van der Waals surface area (Å²) < 4.78 is 13.8. The Morgan fingerprint density at radius 1 is 0.929 bits per heavy atom. The van der Waals surface area contributed by atoms with Crippen LogP contribution in [-0.4, -0.2) is 49.9 Å². The molecule has 2 aliphatic heterocycles. The zero-order chi connectivity index (χ0) is 29.7. The average molecular weight is 607 g/mol. The summed E-state index contributed by atoms with van der Waals surface area (Å²) >= 11 is 14.8. The molecule has 7 rings (SSSR count). The number of benzene rings is 3. The molecule has 0 spiro atoms. The topological polar surface area (TPSA) is 95.0 Å². The molecular formula is C32H25Cl2FN2O5. The van der Waals surface area contributed by atoms with E-state index < -0.39 is 51.1 Å². The number of alkyl halides is 2. The molecular weight excluding hydrogens is 582 g/mol. The number of phenols is 1. The third-order valence-electron chi connectivity index (χ3n) is 9.54. The monoisotopic (exact) mass is 606 g/mol. The third-order valence-corrected chi connectivity index (χ3v) is 11.0. The molecule has 7 nitrogen and oxygen atoms in total. The van der Waals surface area contributed by atoms with Gasteiger partial charge in [0.1, 0.15) is 11.6 Å². The summed E-state index contributed by atoms with van der Waals surface area (Å²) in [5, 5.41) is 12.8. The van der Waals surface area contributed by atoms with E-state index in [1.165, 1.54) is 23.1 Å². The van der Waals surface area contributed by atoms with Crippen molar-refractivity contribution in [2.45, 2.75) is 35.4 Å². The smallest absolute Gasteiger partial charge is 0.258 e. The van der Waals surface area contributed by atoms with Crippen molar-refractivity contribution in [3.8, 4) is 5.75 Å². The lowest BCUT2D eigenvalue weighted by Gasteiger charge is -2.51. The first-order chi connectivity index (χ1) is 20.0. The van der Waals surface area contributed by atoms with E-state index in [1.54, 1.807) is 25.1 Å². The van der Waals surface area contributed by atoms with Gasteiger partial charge in [0.05, 0.1) is 17.5 Å². The van der Waals surface area contributed by atoms with Gasteiger partial charge in [0.25, 0.3) is 11.8 Å². The number of hydrogen-bond acceptors (Lipinski definition) is 5. The molecule has 2 aliphatic carbocycles. The van der Waals surface area contributed by atoms with E-state index in [4.69, 9.17) is 23.2 Å². The fourth-order valence-corrected chi connectivity index (χ4v) is 8.60. The van der Waals surface area contributed by atoms with Gasteiger partial charge < -0.3 is 5.11 Å². The van der Waals surface area contributed by atoms with Crippen LogP contribution in [0.2, 0.25) is 0 Å². The van der Waals surface area contributed by atoms with Crippen LogP contribution in [0.3, 0.4) is 0 Å². The Balaban J connectivity index is 1.50. The van der Waals surface area contributed by atoms with Gasteiger partial charge in [-0.05, 0) is 66.8 Å². The summed E-state index contributed by atoms with van der Waals surface area (Å²) in [4.78, 5) is 53.5. The molecule has 3 fully saturated rings. The Morgan fingerprint density at radius 3 is 2.36 bits per heavy atom. The Kier molecular flexibility index (Phi) is 5.89. The number of imide groups is 2. The van der Waals surface area contributed by atoms with Gasteiger partial charge in [0, 0.05) is 18.0 Å². The molecule has 3 aromatic carbocycles. The van der Waals surface area contributed by atoms with Crippen molar-refractivity contribution in [2.24, 2.45) is 17.8 Å². The van der Waals surface area contributed by atoms with Crippen LogP contribution in [-0.2, 0) is 19.2 Å². The minimum atomic E-state index is -2.12. The maximum atomic E-state index is 14.5. The quantitative estimate of drug-likeness (QED) is 0.249. The Hall–Kier alpha value is -3.75. The maximum absolute atomic E-state index is 14.5. The van der Waals surface area contributed by atoms with Crippen LogP contribution in [0.5, 0.6) is 5.75 Å². The SMILES string of the molecule is CCN1C(=O)[C@H]2[C@H](CC=C3[C@H]2C[C@@]2(Cl)C(=O)N(c4ccc(F)cc4)C(=O)[C@@]2(Cl)[C@H]3c2c(O)ccc3ccccc23)C1=O. The Labute approximate surface area is 250 Å². The summed E-state index contributed by atoms with van der Waals surface area (Å²) in [5.74, 6) is -6.18. The lowest BCUT2D eigenvalue weighted by Crippen LogP contribution is -2.60. The van der Waals surface area contributed by atoms with Crippen LogP contribution in [0.1, 0.15) is 31.2 Å². The van der Waals surface area contributed by atoms with Gasteiger partial charge in [-0.3, -0.25) is 24.1 Å². The maximum Gasteiger partial charge on any atom is 0.258 e. The molecule has 1 N–H and O–H groups in total. The van der Waals surface area contributed by atoms with Gasteiger partial charge in [0.15, 0.2) is 9.75 Å². The molecule has 0 radical (unpaired) electrons. The zero-order valence-electron chi connectivity index (χ0n) is 22.4. The first-order valence-electron chi connectivity index (χ1n) is 13.8. The number of fused-ring (bicyclic) bond motifs is 5. The molecule has 3 aromatic rings. The lowest BCUT2D eigenvalue weighted by molar-refractivity contribution is -0.140. The number of rotatable bonds is 3. The highest BCUT2D eigenvalue weighted by Crippen LogP contribution is 2.67. The van der Waals surface area contributed by atoms with Crippen molar-refractivity contribution in [1.82, 2.24) is 4.90 Å². The van der Waals surface area contributed by atoms with Crippen LogP contribution in [0.4, 0.5) is 10.1 Å². The Bertz CT molecular complexity index is 1760. The first-order valence-corrected chi connectivity index (χ1v) is 14.6. The highest BCUT2D eigenvalue weighted by atomic mass is 35.5. The van der Waals surface area contributed by atoms with E-state index in [0.29, 0.717) is 16.5 Å². The number of carbonyl (C=O) groups is 4. The van der Waals surface area contributed by atoms with Crippen LogP contribution < -0.4 is 4.90 Å². The fourth-order valence-electron chi connectivity index (χ4n) is 7.68. The van der Waals surface area contributed by atoms with Gasteiger partial charge in [-0.2, -0.15) is 0 Å². The first kappa shape index (κ1) is 27.1. The molecule has 0 bridgehead atoms. The number of halogens is 3. The van der Waals surface area contributed by atoms with Gasteiger partial charge in [-0.15, -0.1) is 23.2 Å². The van der Waals surface area contributed by atoms with Crippen LogP contribution in [0, 0.1) is 23.6 Å². The molecule has 214 valence electrons. The molecule has 0 unspecified atom stereocenters. The van der Waals surface area contributed by atoms with Crippen molar-refractivity contribution in [1.29, 1.82) is 0 Å². The van der Waals surface area contributed by atoms with Gasteiger partial charge in [-0.25, -0.2) is 9.29 Å². The van der Waals surface area contributed by atoms with E-state index in [9.17, 15) is 28.7 Å². The predicted octanol–water partition coefficient (Wildman–Crippen LogP) is 5.27. The number of amides is 4. The predicted molar refractivity (Wildman–Crippen MR) is 155 cm³/mol. The van der Waals surface area contributed by atoms with E-state index in [-0.39, 0.29) is 42.6 Å². The number of phenolic OH excluding ortho intramolecular Hbond substituents is 1. The summed E-state index contributed by atoms with van der Waals surface area (Å²) in [6, 6.07) is 15.4. The second kappa shape index (κ2) is 9.12. The summed E-state index contributed by atoms with van der Waals surface area (Å²) in [6.07, 6.45) is 1.90. The molecule has 42 heavy (non-hydrogen) atoms. The lowest BCUT2D eigenvalue weighted by atomic mass is 9.56. The second-order valence-corrected chi connectivity index (χ2v) is 12.6. The van der Waals surface area contributed by atoms with Crippen molar-refractivity contribution >= 4 is 63.3 Å². The number of hydrogen-bond donors (Lipinski definition) is 1. The summed E-state index contributed by atoms with van der Waals surface area (Å²) in [7, 11) is 0. The van der Waals surface area contributed by atoms with Crippen molar-refractivity contribution in [2.75, 3.05) is 11.4 Å². The molecule has 6 atom stereocenters. The minimum Gasteiger partial charge on any atom is -0.508 e. The number of nitrogens with zero attached hydrogens (tertiary/aromatic N) is 2. The number of likely N-dealkylation sites (tertiary alicyclic amines) is 1. The number of carbonyl (C=O) groups excluding carboxylic acids is 4. The number of aromatic hydroxyl groups is 1. The molecule has 10 heteroatoms. The van der Waals surface area contributed by atoms with Crippen molar-refractivity contribution in [3.05, 3.63) is 83.7 Å². The van der Waals surface area contributed by atoms with Gasteiger partial charge in [-0.1, -0.05) is 42.0 Å². The van der Waals surface area contributed by atoms with Gasteiger partial charge >= 0.3 is 0 Å². The normalized spacial score (nSPS) is 32.2. The molecule has 2 heterocycles.